The normalized spacial score (nSPS) is 13.7. The van der Waals surface area contributed by atoms with Gasteiger partial charge in [-0.25, -0.2) is 0 Å². The van der Waals surface area contributed by atoms with Crippen molar-refractivity contribution in [3.05, 3.63) is 23.8 Å². The van der Waals surface area contributed by atoms with Crippen molar-refractivity contribution in [2.24, 2.45) is 11.1 Å². The monoisotopic (exact) mass is 209 g/mol. The van der Waals surface area contributed by atoms with Crippen molar-refractivity contribution in [1.29, 1.82) is 0 Å². The molecule has 1 atom stereocenters. The van der Waals surface area contributed by atoms with Crippen LogP contribution in [0.25, 0.3) is 0 Å². The van der Waals surface area contributed by atoms with E-state index < -0.39 is 0 Å². The van der Waals surface area contributed by atoms with Gasteiger partial charge in [-0.1, -0.05) is 26.8 Å². The van der Waals surface area contributed by atoms with Gasteiger partial charge in [-0.05, 0) is 11.5 Å². The minimum absolute atomic E-state index is 0.0773. The molecule has 1 aromatic carbocycles. The summed E-state index contributed by atoms with van der Waals surface area (Å²) in [5.74, 6) is 0.828. The summed E-state index contributed by atoms with van der Waals surface area (Å²) in [5.41, 5.74) is 6.74. The average Bonchev–Trinajstić information content (AvgIpc) is 2.15. The Morgan fingerprint density at radius 3 is 2.33 bits per heavy atom. The van der Waals surface area contributed by atoms with Gasteiger partial charge in [0.2, 0.25) is 0 Å². The van der Waals surface area contributed by atoms with E-state index in [1.54, 1.807) is 19.2 Å². The van der Waals surface area contributed by atoms with E-state index >= 15 is 0 Å². The number of phenols is 1. The summed E-state index contributed by atoms with van der Waals surface area (Å²) in [5, 5.41) is 9.80. The summed E-state index contributed by atoms with van der Waals surface area (Å²) >= 11 is 0. The lowest BCUT2D eigenvalue weighted by Gasteiger charge is -2.28. The number of nitrogens with two attached hydrogens (primary N) is 1. The molecule has 0 spiro atoms. The van der Waals surface area contributed by atoms with Crippen LogP contribution in [-0.2, 0) is 0 Å². The van der Waals surface area contributed by atoms with E-state index in [-0.39, 0.29) is 17.2 Å². The molecule has 0 aliphatic rings. The molecule has 0 heterocycles. The number of hydrogen-bond donors (Lipinski definition) is 2. The predicted octanol–water partition coefficient (Wildman–Crippen LogP) is 2.45. The molecule has 0 bridgehead atoms. The summed E-state index contributed by atoms with van der Waals surface area (Å²) < 4.78 is 5.01. The van der Waals surface area contributed by atoms with Crippen molar-refractivity contribution in [2.75, 3.05) is 7.11 Å². The summed E-state index contributed by atoms with van der Waals surface area (Å²) in [6, 6.07) is 5.01. The SMILES string of the molecule is COc1ccc([C@@H](N)C(C)(C)C)c(O)c1. The number of phenolic OH excluding ortho intramolecular Hbond substituents is 1. The van der Waals surface area contributed by atoms with Gasteiger partial charge in [-0.3, -0.25) is 0 Å². The quantitative estimate of drug-likeness (QED) is 0.786. The van der Waals surface area contributed by atoms with Gasteiger partial charge in [0, 0.05) is 17.7 Å². The molecule has 84 valence electrons. The molecule has 0 aliphatic carbocycles. The maximum atomic E-state index is 9.80. The van der Waals surface area contributed by atoms with Gasteiger partial charge in [0.15, 0.2) is 0 Å². The van der Waals surface area contributed by atoms with E-state index in [2.05, 4.69) is 0 Å². The lowest BCUT2D eigenvalue weighted by atomic mass is 9.83. The topological polar surface area (TPSA) is 55.5 Å². The fourth-order valence-corrected chi connectivity index (χ4v) is 1.38. The molecule has 0 fully saturated rings. The minimum atomic E-state index is -0.191. The zero-order chi connectivity index (χ0) is 11.6. The third-order valence-corrected chi connectivity index (χ3v) is 2.51. The van der Waals surface area contributed by atoms with Crippen LogP contribution >= 0.6 is 0 Å². The molecule has 3 nitrogen and oxygen atoms in total. The van der Waals surface area contributed by atoms with E-state index in [4.69, 9.17) is 10.5 Å². The highest BCUT2D eigenvalue weighted by Crippen LogP contribution is 2.36. The molecule has 15 heavy (non-hydrogen) atoms. The highest BCUT2D eigenvalue weighted by Gasteiger charge is 2.24. The first-order valence-corrected chi connectivity index (χ1v) is 4.98. The fraction of sp³-hybridized carbons (Fsp3) is 0.500. The van der Waals surface area contributed by atoms with Gasteiger partial charge in [-0.15, -0.1) is 0 Å². The van der Waals surface area contributed by atoms with Gasteiger partial charge in [-0.2, -0.15) is 0 Å². The van der Waals surface area contributed by atoms with Crippen molar-refractivity contribution in [1.82, 2.24) is 0 Å². The van der Waals surface area contributed by atoms with Crippen LogP contribution in [0.15, 0.2) is 18.2 Å². The Hall–Kier alpha value is -1.22. The highest BCUT2D eigenvalue weighted by molar-refractivity contribution is 5.41. The summed E-state index contributed by atoms with van der Waals surface area (Å²) in [4.78, 5) is 0. The molecular formula is C12H19NO2. The first kappa shape index (κ1) is 11.9. The largest absolute Gasteiger partial charge is 0.507 e. The number of aromatic hydroxyl groups is 1. The van der Waals surface area contributed by atoms with Gasteiger partial charge in [0.1, 0.15) is 11.5 Å². The molecule has 1 rings (SSSR count). The van der Waals surface area contributed by atoms with Gasteiger partial charge >= 0.3 is 0 Å². The van der Waals surface area contributed by atoms with Crippen LogP contribution in [0.4, 0.5) is 0 Å². The Bertz CT molecular complexity index is 342. The first-order valence-electron chi connectivity index (χ1n) is 4.98. The number of benzene rings is 1. The number of rotatable bonds is 2. The molecule has 3 N–H and O–H groups in total. The zero-order valence-corrected chi connectivity index (χ0v) is 9.74. The fourth-order valence-electron chi connectivity index (χ4n) is 1.38. The van der Waals surface area contributed by atoms with Gasteiger partial charge < -0.3 is 15.6 Å². The highest BCUT2D eigenvalue weighted by atomic mass is 16.5. The zero-order valence-electron chi connectivity index (χ0n) is 9.74. The van der Waals surface area contributed by atoms with E-state index in [1.807, 2.05) is 26.8 Å². The molecule has 0 amide bonds. The predicted molar refractivity (Wildman–Crippen MR) is 61.0 cm³/mol. The Morgan fingerprint density at radius 2 is 1.93 bits per heavy atom. The van der Waals surface area contributed by atoms with Crippen LogP contribution in [-0.4, -0.2) is 12.2 Å². The van der Waals surface area contributed by atoms with E-state index in [9.17, 15) is 5.11 Å². The molecule has 1 aromatic rings. The van der Waals surface area contributed by atoms with Crippen molar-refractivity contribution in [3.63, 3.8) is 0 Å². The smallest absolute Gasteiger partial charge is 0.124 e. The van der Waals surface area contributed by atoms with Crippen molar-refractivity contribution in [2.45, 2.75) is 26.8 Å². The molecule has 0 aliphatic heterocycles. The number of hydrogen-bond acceptors (Lipinski definition) is 3. The Balaban J connectivity index is 3.06. The van der Waals surface area contributed by atoms with Gasteiger partial charge in [0.05, 0.1) is 7.11 Å². The Morgan fingerprint density at radius 1 is 1.33 bits per heavy atom. The molecule has 0 saturated carbocycles. The molecule has 0 saturated heterocycles. The molecule has 0 radical (unpaired) electrons. The third kappa shape index (κ3) is 2.63. The standard InChI is InChI=1S/C12H19NO2/c1-12(2,3)11(13)9-6-5-8(15-4)7-10(9)14/h5-7,11,14H,13H2,1-4H3/t11-/m1/s1. The maximum absolute atomic E-state index is 9.80. The second-order valence-electron chi connectivity index (χ2n) is 4.77. The lowest BCUT2D eigenvalue weighted by molar-refractivity contribution is 0.316. The van der Waals surface area contributed by atoms with Crippen LogP contribution in [0, 0.1) is 5.41 Å². The van der Waals surface area contributed by atoms with E-state index in [1.165, 1.54) is 0 Å². The molecule has 3 heteroatoms. The van der Waals surface area contributed by atoms with E-state index in [0.29, 0.717) is 5.75 Å². The first-order chi connectivity index (χ1) is 6.86. The summed E-state index contributed by atoms with van der Waals surface area (Å²) in [7, 11) is 1.57. The van der Waals surface area contributed by atoms with Crippen LogP contribution in [0.2, 0.25) is 0 Å². The van der Waals surface area contributed by atoms with Crippen LogP contribution in [0.1, 0.15) is 32.4 Å². The van der Waals surface area contributed by atoms with E-state index in [0.717, 1.165) is 5.56 Å². The van der Waals surface area contributed by atoms with Crippen LogP contribution in [0.5, 0.6) is 11.5 Å². The second-order valence-corrected chi connectivity index (χ2v) is 4.77. The number of methoxy groups -OCH3 is 1. The Labute approximate surface area is 90.9 Å². The van der Waals surface area contributed by atoms with Crippen LogP contribution in [0.3, 0.4) is 0 Å². The Kier molecular flexibility index (Phi) is 3.25. The molecular weight excluding hydrogens is 190 g/mol. The molecule has 0 unspecified atom stereocenters. The van der Waals surface area contributed by atoms with Crippen molar-refractivity contribution < 1.29 is 9.84 Å². The molecule has 0 aromatic heterocycles. The number of ether oxygens (including phenoxy) is 1. The van der Waals surface area contributed by atoms with Gasteiger partial charge in [0.25, 0.3) is 0 Å². The van der Waals surface area contributed by atoms with Crippen LogP contribution < -0.4 is 10.5 Å². The van der Waals surface area contributed by atoms with Crippen molar-refractivity contribution in [3.8, 4) is 11.5 Å². The average molecular weight is 209 g/mol. The summed E-state index contributed by atoms with van der Waals surface area (Å²) in [6.45, 7) is 6.13. The second kappa shape index (κ2) is 4.11. The van der Waals surface area contributed by atoms with Crippen molar-refractivity contribution >= 4 is 0 Å². The lowest BCUT2D eigenvalue weighted by Crippen LogP contribution is -2.26. The maximum Gasteiger partial charge on any atom is 0.124 e. The third-order valence-electron chi connectivity index (χ3n) is 2.51. The summed E-state index contributed by atoms with van der Waals surface area (Å²) in [6.07, 6.45) is 0. The minimum Gasteiger partial charge on any atom is -0.507 e.